The van der Waals surface area contributed by atoms with Gasteiger partial charge in [0.05, 0.1) is 22.3 Å². The number of ether oxygens (including phenoxy) is 1. The van der Waals surface area contributed by atoms with E-state index in [9.17, 15) is 18.8 Å². The number of urea groups is 1. The number of halogens is 2. The Morgan fingerprint density at radius 1 is 1.02 bits per heavy atom. The fourth-order valence-corrected chi connectivity index (χ4v) is 6.45. The molecule has 242 valence electrons. The van der Waals surface area contributed by atoms with Crippen molar-refractivity contribution in [3.63, 3.8) is 0 Å². The van der Waals surface area contributed by atoms with Crippen LogP contribution in [0.5, 0.6) is 11.5 Å². The number of nitrogens with one attached hydrogen (secondary N) is 1. The first-order valence-corrected chi connectivity index (χ1v) is 15.9. The Hall–Kier alpha value is -5.01. The highest BCUT2D eigenvalue weighted by atomic mass is 32.1. The number of aromatic nitrogens is 3. The number of anilines is 1. The van der Waals surface area contributed by atoms with Crippen LogP contribution in [0.4, 0.5) is 19.4 Å². The molecule has 5 aromatic rings. The summed E-state index contributed by atoms with van der Waals surface area (Å²) in [6.45, 7) is 2.31. The largest absolute Gasteiger partial charge is 0.454 e. The van der Waals surface area contributed by atoms with Gasteiger partial charge < -0.3 is 14.5 Å². The summed E-state index contributed by atoms with van der Waals surface area (Å²) in [5.74, 6) is -0.686. The average Bonchev–Trinajstić information content (AvgIpc) is 3.51. The number of amides is 2. The Bertz CT molecular complexity index is 1990. The predicted molar refractivity (Wildman–Crippen MR) is 176 cm³/mol. The standard InChI is InChI=1S/C34H32F2N6O4S/c1-40(2)19-21-10-13-41(14-11-21)34(45)39-31-17-25(9-12-37-31)46-30-8-3-22(15-27(30)36)16-29(43)26-18-28-33(47-20-38-28)42(32(26)44)24-6-4-23(35)5-7-24/h3-9,12,15,17-18,20-21H,10-11,13-14,16,19H2,1-2H3,(H,37,39,45). The number of rotatable bonds is 9. The topological polar surface area (TPSA) is 110 Å². The number of hydrogen-bond donors (Lipinski definition) is 1. The molecule has 1 fully saturated rings. The fourth-order valence-electron chi connectivity index (χ4n) is 5.66. The molecule has 4 heterocycles. The van der Waals surface area contributed by atoms with Gasteiger partial charge in [0.25, 0.3) is 5.56 Å². The molecule has 0 bridgehead atoms. The summed E-state index contributed by atoms with van der Waals surface area (Å²) in [7, 11) is 4.09. The number of fused-ring (bicyclic) bond motifs is 1. The van der Waals surface area contributed by atoms with E-state index in [2.05, 4.69) is 20.2 Å². The number of hydrogen-bond acceptors (Lipinski definition) is 8. The van der Waals surface area contributed by atoms with Crippen molar-refractivity contribution >= 4 is 39.3 Å². The molecule has 1 saturated heterocycles. The molecule has 0 aliphatic carbocycles. The van der Waals surface area contributed by atoms with Crippen LogP contribution in [0.15, 0.2) is 77.2 Å². The Labute approximate surface area is 273 Å². The van der Waals surface area contributed by atoms with Crippen molar-refractivity contribution < 1.29 is 23.1 Å². The lowest BCUT2D eigenvalue weighted by molar-refractivity contribution is 0.0991. The highest BCUT2D eigenvalue weighted by Crippen LogP contribution is 2.28. The molecular weight excluding hydrogens is 626 g/mol. The lowest BCUT2D eigenvalue weighted by atomic mass is 9.97. The quantitative estimate of drug-likeness (QED) is 0.190. The van der Waals surface area contributed by atoms with Gasteiger partial charge in [0.15, 0.2) is 17.3 Å². The van der Waals surface area contributed by atoms with Crippen LogP contribution in [-0.4, -0.2) is 69.9 Å². The smallest absolute Gasteiger partial charge is 0.323 e. The van der Waals surface area contributed by atoms with Gasteiger partial charge in [-0.2, -0.15) is 0 Å². The summed E-state index contributed by atoms with van der Waals surface area (Å²) in [5, 5.41) is 2.79. The summed E-state index contributed by atoms with van der Waals surface area (Å²) in [6, 6.07) is 13.7. The number of carbonyl (C=O) groups is 2. The molecule has 13 heteroatoms. The van der Waals surface area contributed by atoms with Crippen molar-refractivity contribution in [1.82, 2.24) is 24.3 Å². The van der Waals surface area contributed by atoms with E-state index in [1.54, 1.807) is 22.5 Å². The molecule has 1 aliphatic heterocycles. The van der Waals surface area contributed by atoms with Crippen molar-refractivity contribution in [3.05, 3.63) is 105 Å². The van der Waals surface area contributed by atoms with Crippen LogP contribution in [0, 0.1) is 17.6 Å². The van der Waals surface area contributed by atoms with E-state index in [1.165, 1.54) is 70.6 Å². The molecule has 0 unspecified atom stereocenters. The van der Waals surface area contributed by atoms with Crippen molar-refractivity contribution in [3.8, 4) is 17.2 Å². The maximum Gasteiger partial charge on any atom is 0.323 e. The highest BCUT2D eigenvalue weighted by molar-refractivity contribution is 7.16. The second-order valence-corrected chi connectivity index (χ2v) is 12.5. The molecule has 47 heavy (non-hydrogen) atoms. The Morgan fingerprint density at radius 2 is 1.79 bits per heavy atom. The molecule has 2 aromatic carbocycles. The maximum absolute atomic E-state index is 15.2. The summed E-state index contributed by atoms with van der Waals surface area (Å²) < 4.78 is 35.8. The van der Waals surface area contributed by atoms with Crippen LogP contribution in [0.25, 0.3) is 16.0 Å². The van der Waals surface area contributed by atoms with Crippen LogP contribution in [0.1, 0.15) is 28.8 Å². The molecule has 2 amide bonds. The zero-order chi connectivity index (χ0) is 33.1. The van der Waals surface area contributed by atoms with Gasteiger partial charge >= 0.3 is 6.03 Å². The second-order valence-electron chi connectivity index (χ2n) is 11.7. The molecule has 0 saturated carbocycles. The number of Topliss-reactive ketones (excluding diaryl/α,β-unsaturated/α-hetero) is 1. The number of nitrogens with zero attached hydrogens (tertiary/aromatic N) is 5. The highest BCUT2D eigenvalue weighted by Gasteiger charge is 2.24. The van der Waals surface area contributed by atoms with Gasteiger partial charge in [-0.15, -0.1) is 11.3 Å². The van der Waals surface area contributed by atoms with Crippen molar-refractivity contribution in [1.29, 1.82) is 0 Å². The van der Waals surface area contributed by atoms with Crippen molar-refractivity contribution in [2.45, 2.75) is 19.3 Å². The Morgan fingerprint density at radius 3 is 2.51 bits per heavy atom. The van der Waals surface area contributed by atoms with E-state index in [0.29, 0.717) is 40.6 Å². The van der Waals surface area contributed by atoms with E-state index in [4.69, 9.17) is 4.74 Å². The minimum Gasteiger partial charge on any atom is -0.454 e. The van der Waals surface area contributed by atoms with Crippen LogP contribution in [-0.2, 0) is 6.42 Å². The third-order valence-corrected chi connectivity index (χ3v) is 8.78. The van der Waals surface area contributed by atoms with E-state index >= 15 is 4.39 Å². The van der Waals surface area contributed by atoms with Gasteiger partial charge in [-0.25, -0.2) is 23.5 Å². The zero-order valence-electron chi connectivity index (χ0n) is 25.8. The van der Waals surface area contributed by atoms with E-state index in [0.717, 1.165) is 19.4 Å². The maximum atomic E-state index is 15.2. The van der Waals surface area contributed by atoms with Gasteiger partial charge in [-0.05, 0) is 86.9 Å². The molecule has 3 aromatic heterocycles. The summed E-state index contributed by atoms with van der Waals surface area (Å²) in [5.41, 5.74) is 2.04. The van der Waals surface area contributed by atoms with Gasteiger partial charge in [0.2, 0.25) is 0 Å². The number of carbonyl (C=O) groups excluding carboxylic acids is 2. The van der Waals surface area contributed by atoms with E-state index in [1.807, 2.05) is 14.1 Å². The van der Waals surface area contributed by atoms with Gasteiger partial charge in [0.1, 0.15) is 22.2 Å². The van der Waals surface area contributed by atoms with Crippen LogP contribution >= 0.6 is 11.3 Å². The molecule has 1 aliphatic rings. The zero-order valence-corrected chi connectivity index (χ0v) is 26.6. The number of thiazole rings is 1. The molecular formula is C34H32F2N6O4S. The van der Waals surface area contributed by atoms with Gasteiger partial charge in [-0.3, -0.25) is 19.5 Å². The summed E-state index contributed by atoms with van der Waals surface area (Å²) >= 11 is 1.22. The minimum atomic E-state index is -0.711. The summed E-state index contributed by atoms with van der Waals surface area (Å²) in [4.78, 5) is 52.5. The molecule has 0 atom stereocenters. The minimum absolute atomic E-state index is 0.0878. The predicted octanol–water partition coefficient (Wildman–Crippen LogP) is 6.14. The third kappa shape index (κ3) is 7.36. The first kappa shape index (κ1) is 32.0. The molecule has 0 spiro atoms. The summed E-state index contributed by atoms with van der Waals surface area (Å²) in [6.07, 6.45) is 3.07. The average molecular weight is 659 g/mol. The fraction of sp³-hybridized carbons (Fsp3) is 0.265. The van der Waals surface area contributed by atoms with Crippen LogP contribution < -0.4 is 15.6 Å². The van der Waals surface area contributed by atoms with E-state index < -0.39 is 23.0 Å². The first-order valence-electron chi connectivity index (χ1n) is 15.1. The molecule has 1 N–H and O–H groups in total. The third-order valence-electron chi connectivity index (χ3n) is 7.96. The number of piperidine rings is 1. The van der Waals surface area contributed by atoms with Crippen molar-refractivity contribution in [2.24, 2.45) is 5.92 Å². The molecule has 6 rings (SSSR count). The number of ketones is 1. The number of benzene rings is 2. The molecule has 0 radical (unpaired) electrons. The van der Waals surface area contributed by atoms with Gasteiger partial charge in [-0.1, -0.05) is 6.07 Å². The SMILES string of the molecule is CN(C)CC1CCN(C(=O)Nc2cc(Oc3ccc(CC(=O)c4cc5ncsc5n(-c5ccc(F)cc5)c4=O)cc3F)ccn2)CC1. The normalized spacial score (nSPS) is 13.7. The Kier molecular flexibility index (Phi) is 9.36. The van der Waals surface area contributed by atoms with Crippen LogP contribution in [0.3, 0.4) is 0 Å². The first-order chi connectivity index (χ1) is 22.6. The number of pyridine rings is 2. The van der Waals surface area contributed by atoms with Gasteiger partial charge in [0, 0.05) is 38.3 Å². The van der Waals surface area contributed by atoms with Crippen molar-refractivity contribution in [2.75, 3.05) is 39.0 Å². The van der Waals surface area contributed by atoms with Crippen LogP contribution in [0.2, 0.25) is 0 Å². The second kappa shape index (κ2) is 13.8. The Balaban J connectivity index is 1.12. The van der Waals surface area contributed by atoms with E-state index in [-0.39, 0.29) is 35.3 Å². The monoisotopic (exact) mass is 658 g/mol. The number of likely N-dealkylation sites (tertiary alicyclic amines) is 1. The molecule has 10 nitrogen and oxygen atoms in total. The lowest BCUT2D eigenvalue weighted by Gasteiger charge is -2.33. The lowest BCUT2D eigenvalue weighted by Crippen LogP contribution is -2.42.